The van der Waals surface area contributed by atoms with Crippen molar-refractivity contribution in [1.82, 2.24) is 20.2 Å². The van der Waals surface area contributed by atoms with Crippen LogP contribution in [0.25, 0.3) is 11.4 Å². The van der Waals surface area contributed by atoms with E-state index in [4.69, 9.17) is 5.73 Å². The molecular formula is C12H16N6O. The maximum Gasteiger partial charge on any atom is 0.222 e. The SMILES string of the molecule is Cc1[nH]nc(-c2cc(N3CCCC3)nc(N)n2)c1O. The van der Waals surface area contributed by atoms with Gasteiger partial charge in [0, 0.05) is 19.2 Å². The third kappa shape index (κ3) is 2.07. The van der Waals surface area contributed by atoms with Crippen LogP contribution in [0.15, 0.2) is 6.07 Å². The predicted octanol–water partition coefficient (Wildman–Crippen LogP) is 1.06. The van der Waals surface area contributed by atoms with Gasteiger partial charge in [-0.15, -0.1) is 0 Å². The number of hydrogen-bond acceptors (Lipinski definition) is 6. The average molecular weight is 260 g/mol. The molecule has 2 aromatic heterocycles. The number of nitrogens with zero attached hydrogens (tertiary/aromatic N) is 4. The van der Waals surface area contributed by atoms with E-state index in [1.54, 1.807) is 6.92 Å². The van der Waals surface area contributed by atoms with Gasteiger partial charge in [-0.05, 0) is 19.8 Å². The molecular weight excluding hydrogens is 244 g/mol. The Morgan fingerprint density at radius 2 is 2.05 bits per heavy atom. The lowest BCUT2D eigenvalue weighted by Crippen LogP contribution is -2.19. The molecule has 19 heavy (non-hydrogen) atoms. The molecule has 7 nitrogen and oxygen atoms in total. The van der Waals surface area contributed by atoms with E-state index in [0.717, 1.165) is 31.7 Å². The zero-order chi connectivity index (χ0) is 13.4. The Kier molecular flexibility index (Phi) is 2.73. The van der Waals surface area contributed by atoms with Gasteiger partial charge >= 0.3 is 0 Å². The highest BCUT2D eigenvalue weighted by Gasteiger charge is 2.18. The number of aromatic amines is 1. The molecule has 0 saturated carbocycles. The van der Waals surface area contributed by atoms with Crippen molar-refractivity contribution in [3.63, 3.8) is 0 Å². The molecule has 0 amide bonds. The highest BCUT2D eigenvalue weighted by molar-refractivity contribution is 5.67. The Morgan fingerprint density at radius 1 is 1.32 bits per heavy atom. The van der Waals surface area contributed by atoms with Gasteiger partial charge in [-0.3, -0.25) is 5.10 Å². The van der Waals surface area contributed by atoms with Gasteiger partial charge in [0.2, 0.25) is 5.95 Å². The van der Waals surface area contributed by atoms with Gasteiger partial charge in [-0.1, -0.05) is 0 Å². The molecule has 100 valence electrons. The van der Waals surface area contributed by atoms with E-state index in [2.05, 4.69) is 25.1 Å². The molecule has 4 N–H and O–H groups in total. The van der Waals surface area contributed by atoms with Crippen molar-refractivity contribution >= 4 is 11.8 Å². The van der Waals surface area contributed by atoms with Crippen LogP contribution in [0.4, 0.5) is 11.8 Å². The molecule has 1 aliphatic rings. The zero-order valence-electron chi connectivity index (χ0n) is 10.7. The van der Waals surface area contributed by atoms with Crippen LogP contribution in [0, 0.1) is 6.92 Å². The Bertz CT molecular complexity index is 602. The van der Waals surface area contributed by atoms with Gasteiger partial charge in [0.15, 0.2) is 11.4 Å². The van der Waals surface area contributed by atoms with Crippen molar-refractivity contribution in [1.29, 1.82) is 0 Å². The minimum Gasteiger partial charge on any atom is -0.504 e. The smallest absolute Gasteiger partial charge is 0.222 e. The lowest BCUT2D eigenvalue weighted by molar-refractivity contribution is 0.473. The second-order valence-corrected chi connectivity index (χ2v) is 4.71. The summed E-state index contributed by atoms with van der Waals surface area (Å²) in [6.07, 6.45) is 2.32. The molecule has 1 fully saturated rings. The molecule has 0 atom stereocenters. The Morgan fingerprint density at radius 3 is 2.68 bits per heavy atom. The van der Waals surface area contributed by atoms with Crippen LogP contribution in [0.1, 0.15) is 18.5 Å². The molecule has 0 aliphatic carbocycles. The first-order chi connectivity index (χ1) is 9.15. The summed E-state index contributed by atoms with van der Waals surface area (Å²) >= 11 is 0. The third-order valence-electron chi connectivity index (χ3n) is 3.32. The third-order valence-corrected chi connectivity index (χ3v) is 3.32. The average Bonchev–Trinajstić information content (AvgIpc) is 3.01. The van der Waals surface area contributed by atoms with Crippen molar-refractivity contribution < 1.29 is 5.11 Å². The fraction of sp³-hybridized carbons (Fsp3) is 0.417. The standard InChI is InChI=1S/C12H16N6O/c1-7-11(19)10(17-16-7)8-6-9(15-12(13)14-8)18-4-2-3-5-18/h6,19H,2-5H2,1H3,(H,16,17)(H2,13,14,15). The van der Waals surface area contributed by atoms with E-state index in [9.17, 15) is 5.11 Å². The van der Waals surface area contributed by atoms with Crippen molar-refractivity contribution in [2.24, 2.45) is 0 Å². The van der Waals surface area contributed by atoms with Crippen molar-refractivity contribution in [3.8, 4) is 17.1 Å². The summed E-state index contributed by atoms with van der Waals surface area (Å²) in [5.74, 6) is 1.09. The van der Waals surface area contributed by atoms with E-state index < -0.39 is 0 Å². The number of anilines is 2. The number of rotatable bonds is 2. The highest BCUT2D eigenvalue weighted by atomic mass is 16.3. The molecule has 0 radical (unpaired) electrons. The lowest BCUT2D eigenvalue weighted by Gasteiger charge is -2.16. The van der Waals surface area contributed by atoms with Crippen LogP contribution in [-0.4, -0.2) is 38.4 Å². The molecule has 0 aromatic carbocycles. The van der Waals surface area contributed by atoms with E-state index in [1.165, 1.54) is 0 Å². The first kappa shape index (κ1) is 11.8. The first-order valence-corrected chi connectivity index (χ1v) is 6.29. The summed E-state index contributed by atoms with van der Waals surface area (Å²) in [5.41, 5.74) is 7.31. The van der Waals surface area contributed by atoms with Gasteiger partial charge in [-0.25, -0.2) is 4.98 Å². The summed E-state index contributed by atoms with van der Waals surface area (Å²) in [6.45, 7) is 3.70. The molecule has 1 saturated heterocycles. The second kappa shape index (κ2) is 4.42. The Balaban J connectivity index is 2.04. The number of aromatic hydroxyl groups is 1. The zero-order valence-corrected chi connectivity index (χ0v) is 10.7. The minimum atomic E-state index is 0.102. The summed E-state index contributed by atoms with van der Waals surface area (Å²) in [5, 5.41) is 16.7. The van der Waals surface area contributed by atoms with E-state index >= 15 is 0 Å². The van der Waals surface area contributed by atoms with Crippen LogP contribution in [0.5, 0.6) is 5.75 Å². The number of nitrogens with two attached hydrogens (primary N) is 1. The fourth-order valence-corrected chi connectivity index (χ4v) is 2.28. The normalized spacial score (nSPS) is 15.1. The molecule has 3 heterocycles. The first-order valence-electron chi connectivity index (χ1n) is 6.29. The number of aromatic nitrogens is 4. The second-order valence-electron chi connectivity index (χ2n) is 4.71. The number of aryl methyl sites for hydroxylation is 1. The fourth-order valence-electron chi connectivity index (χ4n) is 2.28. The molecule has 0 spiro atoms. The summed E-state index contributed by atoms with van der Waals surface area (Å²) in [4.78, 5) is 10.6. The Labute approximate surface area is 110 Å². The molecule has 3 rings (SSSR count). The van der Waals surface area contributed by atoms with Crippen LogP contribution in [0.3, 0.4) is 0 Å². The van der Waals surface area contributed by atoms with Crippen LogP contribution in [0.2, 0.25) is 0 Å². The van der Waals surface area contributed by atoms with Crippen molar-refractivity contribution in [2.45, 2.75) is 19.8 Å². The maximum absolute atomic E-state index is 9.93. The molecule has 0 bridgehead atoms. The molecule has 0 unspecified atom stereocenters. The number of H-pyrrole nitrogens is 1. The topological polar surface area (TPSA) is 104 Å². The number of nitrogens with one attached hydrogen (secondary N) is 1. The summed E-state index contributed by atoms with van der Waals surface area (Å²) in [6, 6.07) is 1.82. The van der Waals surface area contributed by atoms with E-state index in [0.29, 0.717) is 17.1 Å². The highest BCUT2D eigenvalue weighted by Crippen LogP contribution is 2.30. The van der Waals surface area contributed by atoms with Crippen molar-refractivity contribution in [3.05, 3.63) is 11.8 Å². The molecule has 1 aliphatic heterocycles. The van der Waals surface area contributed by atoms with Gasteiger partial charge in [0.1, 0.15) is 11.5 Å². The largest absolute Gasteiger partial charge is 0.504 e. The van der Waals surface area contributed by atoms with Gasteiger partial charge in [0.05, 0.1) is 5.69 Å². The van der Waals surface area contributed by atoms with E-state index in [1.807, 2.05) is 6.07 Å². The lowest BCUT2D eigenvalue weighted by atomic mass is 10.2. The van der Waals surface area contributed by atoms with E-state index in [-0.39, 0.29) is 11.7 Å². The summed E-state index contributed by atoms with van der Waals surface area (Å²) < 4.78 is 0. The summed E-state index contributed by atoms with van der Waals surface area (Å²) in [7, 11) is 0. The van der Waals surface area contributed by atoms with Crippen molar-refractivity contribution in [2.75, 3.05) is 23.7 Å². The van der Waals surface area contributed by atoms with Crippen LogP contribution in [-0.2, 0) is 0 Å². The maximum atomic E-state index is 9.93. The number of hydrogen-bond donors (Lipinski definition) is 3. The van der Waals surface area contributed by atoms with Gasteiger partial charge in [-0.2, -0.15) is 10.1 Å². The van der Waals surface area contributed by atoms with Gasteiger partial charge < -0.3 is 15.7 Å². The number of nitrogen functional groups attached to an aromatic ring is 1. The predicted molar refractivity (Wildman–Crippen MR) is 71.9 cm³/mol. The molecule has 2 aromatic rings. The van der Waals surface area contributed by atoms with Crippen LogP contribution >= 0.6 is 0 Å². The molecule has 7 heteroatoms. The Hall–Kier alpha value is -2.31. The van der Waals surface area contributed by atoms with Gasteiger partial charge in [0.25, 0.3) is 0 Å². The monoisotopic (exact) mass is 260 g/mol. The minimum absolute atomic E-state index is 0.102. The van der Waals surface area contributed by atoms with Crippen LogP contribution < -0.4 is 10.6 Å². The quantitative estimate of drug-likeness (QED) is 0.746.